The Morgan fingerprint density at radius 3 is 2.83 bits per heavy atom. The van der Waals surface area contributed by atoms with E-state index in [0.29, 0.717) is 17.6 Å². The molecule has 0 radical (unpaired) electrons. The van der Waals surface area contributed by atoms with Crippen molar-refractivity contribution in [2.45, 2.75) is 26.3 Å². The van der Waals surface area contributed by atoms with Gasteiger partial charge in [-0.15, -0.1) is 0 Å². The van der Waals surface area contributed by atoms with Gasteiger partial charge in [0.1, 0.15) is 11.0 Å². The van der Waals surface area contributed by atoms with Gasteiger partial charge in [-0.25, -0.2) is 0 Å². The molecule has 7 heteroatoms. The molecule has 1 fully saturated rings. The minimum absolute atomic E-state index is 0.0407. The fourth-order valence-electron chi connectivity index (χ4n) is 3.30. The van der Waals surface area contributed by atoms with Gasteiger partial charge in [-0.3, -0.25) is 9.48 Å². The molecule has 0 saturated carbocycles. The molecule has 3 heterocycles. The van der Waals surface area contributed by atoms with Gasteiger partial charge in [0, 0.05) is 24.3 Å². The summed E-state index contributed by atoms with van der Waals surface area (Å²) < 4.78 is 2.05. The quantitative estimate of drug-likeness (QED) is 0.783. The number of aromatic amines is 1. The molecule has 0 spiro atoms. The van der Waals surface area contributed by atoms with Crippen molar-refractivity contribution >= 4 is 16.9 Å². The van der Waals surface area contributed by atoms with Gasteiger partial charge >= 0.3 is 0 Å². The van der Waals surface area contributed by atoms with Gasteiger partial charge in [0.2, 0.25) is 0 Å². The zero-order valence-electron chi connectivity index (χ0n) is 13.2. The van der Waals surface area contributed by atoms with E-state index in [2.05, 4.69) is 33.5 Å². The number of amides is 1. The number of carbonyl (C=O) groups is 1. The van der Waals surface area contributed by atoms with Crippen molar-refractivity contribution in [3.63, 3.8) is 0 Å². The van der Waals surface area contributed by atoms with Crippen LogP contribution in [0.2, 0.25) is 0 Å². The van der Waals surface area contributed by atoms with Crippen LogP contribution in [0.3, 0.4) is 0 Å². The summed E-state index contributed by atoms with van der Waals surface area (Å²) in [5.41, 5.74) is 4.30. The largest absolute Gasteiger partial charge is 0.336 e. The second-order valence-electron chi connectivity index (χ2n) is 6.09. The maximum absolute atomic E-state index is 12.7. The third-order valence-electron chi connectivity index (χ3n) is 4.40. The molecule has 0 aliphatic carbocycles. The summed E-state index contributed by atoms with van der Waals surface area (Å²) in [7, 11) is 0. The molecule has 1 aromatic carbocycles. The molecule has 1 aliphatic heterocycles. The molecule has 23 heavy (non-hydrogen) atoms. The maximum atomic E-state index is 12.7. The van der Waals surface area contributed by atoms with Crippen molar-refractivity contribution in [1.29, 1.82) is 0 Å². The van der Waals surface area contributed by atoms with Gasteiger partial charge in [-0.1, -0.05) is 0 Å². The van der Waals surface area contributed by atoms with Crippen LogP contribution in [-0.2, 0) is 0 Å². The number of aromatic nitrogens is 5. The minimum atomic E-state index is 0.0407. The van der Waals surface area contributed by atoms with Crippen LogP contribution in [0, 0.1) is 13.8 Å². The molecule has 118 valence electrons. The average molecular weight is 310 g/mol. The summed E-state index contributed by atoms with van der Waals surface area (Å²) in [6.07, 6.45) is 0.930. The number of nitrogens with zero attached hydrogens (tertiary/aromatic N) is 5. The van der Waals surface area contributed by atoms with Gasteiger partial charge in [0.15, 0.2) is 0 Å². The Morgan fingerprint density at radius 1 is 1.22 bits per heavy atom. The summed E-state index contributed by atoms with van der Waals surface area (Å²) in [6.45, 7) is 5.49. The number of fused-ring (bicyclic) bond motifs is 1. The van der Waals surface area contributed by atoms with Crippen LogP contribution in [0.4, 0.5) is 0 Å². The number of carbonyl (C=O) groups excluding carboxylic acids is 1. The van der Waals surface area contributed by atoms with Gasteiger partial charge in [0.05, 0.1) is 11.7 Å². The van der Waals surface area contributed by atoms with Crippen molar-refractivity contribution in [2.24, 2.45) is 0 Å². The molecule has 3 aromatic rings. The lowest BCUT2D eigenvalue weighted by molar-refractivity contribution is 0.0787. The van der Waals surface area contributed by atoms with Crippen LogP contribution in [-0.4, -0.2) is 49.1 Å². The lowest BCUT2D eigenvalue weighted by Crippen LogP contribution is -2.29. The molecule has 0 unspecified atom stereocenters. The Bertz CT molecular complexity index is 880. The van der Waals surface area contributed by atoms with Crippen LogP contribution < -0.4 is 0 Å². The summed E-state index contributed by atoms with van der Waals surface area (Å²) in [6, 6.07) is 7.74. The smallest absolute Gasteiger partial charge is 0.254 e. The average Bonchev–Trinajstić information content (AvgIpc) is 3.24. The number of hydrogen-bond acceptors (Lipinski definition) is 4. The first-order chi connectivity index (χ1) is 11.1. The first-order valence-corrected chi connectivity index (χ1v) is 7.74. The highest BCUT2D eigenvalue weighted by Gasteiger charge is 2.29. The number of rotatable bonds is 2. The molecule has 4 rings (SSSR count). The van der Waals surface area contributed by atoms with E-state index in [1.54, 1.807) is 6.07 Å². The first-order valence-electron chi connectivity index (χ1n) is 7.74. The number of benzene rings is 1. The summed E-state index contributed by atoms with van der Waals surface area (Å²) >= 11 is 0. The third kappa shape index (κ3) is 2.38. The second-order valence-corrected chi connectivity index (χ2v) is 6.09. The molecule has 1 atom stereocenters. The van der Waals surface area contributed by atoms with E-state index >= 15 is 0 Å². The third-order valence-corrected chi connectivity index (χ3v) is 4.40. The predicted molar refractivity (Wildman–Crippen MR) is 85.1 cm³/mol. The van der Waals surface area contributed by atoms with Gasteiger partial charge in [0.25, 0.3) is 5.91 Å². The van der Waals surface area contributed by atoms with Gasteiger partial charge < -0.3 is 4.90 Å². The first kappa shape index (κ1) is 13.9. The lowest BCUT2D eigenvalue weighted by Gasteiger charge is -2.17. The number of aryl methyl sites for hydroxylation is 2. The topological polar surface area (TPSA) is 79.7 Å². The molecule has 2 aromatic heterocycles. The van der Waals surface area contributed by atoms with Crippen molar-refractivity contribution in [1.82, 2.24) is 30.1 Å². The van der Waals surface area contributed by atoms with E-state index in [0.717, 1.165) is 29.9 Å². The summed E-state index contributed by atoms with van der Waals surface area (Å²) in [5, 5.41) is 15.2. The predicted octanol–water partition coefficient (Wildman–Crippen LogP) is 1.86. The fraction of sp³-hybridized carbons (Fsp3) is 0.375. The van der Waals surface area contributed by atoms with Crippen LogP contribution in [0.25, 0.3) is 11.0 Å². The standard InChI is InChI=1S/C16H18N6O/c1-10-7-11(2)22(19-10)13-5-6-21(9-13)16(23)12-3-4-14-15(8-12)18-20-17-14/h3-4,7-8,13H,5-6,9H2,1-2H3,(H,17,18,20)/t13-/m1/s1. The van der Waals surface area contributed by atoms with E-state index in [-0.39, 0.29) is 11.9 Å². The number of H-pyrrole nitrogens is 1. The van der Waals surface area contributed by atoms with E-state index in [1.807, 2.05) is 28.6 Å². The Morgan fingerprint density at radius 2 is 2.04 bits per heavy atom. The van der Waals surface area contributed by atoms with Crippen LogP contribution >= 0.6 is 0 Å². The highest BCUT2D eigenvalue weighted by molar-refractivity contribution is 5.97. The Labute approximate surface area is 133 Å². The van der Waals surface area contributed by atoms with Crippen molar-refractivity contribution in [3.8, 4) is 0 Å². The van der Waals surface area contributed by atoms with E-state index in [9.17, 15) is 4.79 Å². The Balaban J connectivity index is 1.54. The number of nitrogens with one attached hydrogen (secondary N) is 1. The molecular formula is C16H18N6O. The number of hydrogen-bond donors (Lipinski definition) is 1. The summed E-state index contributed by atoms with van der Waals surface area (Å²) in [5.74, 6) is 0.0407. The van der Waals surface area contributed by atoms with Gasteiger partial charge in [-0.05, 0) is 44.5 Å². The fourth-order valence-corrected chi connectivity index (χ4v) is 3.30. The molecule has 7 nitrogen and oxygen atoms in total. The highest BCUT2D eigenvalue weighted by Crippen LogP contribution is 2.25. The summed E-state index contributed by atoms with van der Waals surface area (Å²) in [4.78, 5) is 14.6. The van der Waals surface area contributed by atoms with Crippen LogP contribution in [0.1, 0.15) is 34.2 Å². The second kappa shape index (κ2) is 5.19. The minimum Gasteiger partial charge on any atom is -0.336 e. The van der Waals surface area contributed by atoms with Crippen molar-refractivity contribution in [3.05, 3.63) is 41.2 Å². The van der Waals surface area contributed by atoms with E-state index < -0.39 is 0 Å². The van der Waals surface area contributed by atoms with Crippen LogP contribution in [0.15, 0.2) is 24.3 Å². The SMILES string of the molecule is Cc1cc(C)n([C@@H]2CCN(C(=O)c3ccc4n[nH]nc4c3)C2)n1. The number of likely N-dealkylation sites (tertiary alicyclic amines) is 1. The van der Waals surface area contributed by atoms with E-state index in [4.69, 9.17) is 0 Å². The van der Waals surface area contributed by atoms with Gasteiger partial charge in [-0.2, -0.15) is 20.5 Å². The monoisotopic (exact) mass is 310 g/mol. The normalized spacial score (nSPS) is 18.0. The highest BCUT2D eigenvalue weighted by atomic mass is 16.2. The molecule has 1 saturated heterocycles. The van der Waals surface area contributed by atoms with E-state index in [1.165, 1.54) is 0 Å². The Hall–Kier alpha value is -2.70. The maximum Gasteiger partial charge on any atom is 0.254 e. The molecule has 1 aliphatic rings. The zero-order valence-corrected chi connectivity index (χ0v) is 13.2. The van der Waals surface area contributed by atoms with Crippen molar-refractivity contribution in [2.75, 3.05) is 13.1 Å². The molecule has 1 amide bonds. The van der Waals surface area contributed by atoms with Crippen molar-refractivity contribution < 1.29 is 4.79 Å². The lowest BCUT2D eigenvalue weighted by atomic mass is 10.2. The Kier molecular flexibility index (Phi) is 3.14. The zero-order chi connectivity index (χ0) is 16.0. The molecular weight excluding hydrogens is 292 g/mol. The molecule has 0 bridgehead atoms. The van der Waals surface area contributed by atoms with Crippen LogP contribution in [0.5, 0.6) is 0 Å². The molecule has 1 N–H and O–H groups in total.